The van der Waals surface area contributed by atoms with Gasteiger partial charge in [0.05, 0.1) is 12.0 Å². The van der Waals surface area contributed by atoms with Gasteiger partial charge in [0.2, 0.25) is 0 Å². The lowest BCUT2D eigenvalue weighted by atomic mass is 10.1. The van der Waals surface area contributed by atoms with E-state index in [0.717, 1.165) is 19.3 Å². The molecule has 0 aromatic heterocycles. The first-order valence-electron chi connectivity index (χ1n) is 5.09. The van der Waals surface area contributed by atoms with E-state index >= 15 is 0 Å². The molecule has 0 heterocycles. The molecule has 1 aliphatic carbocycles. The minimum Gasteiger partial charge on any atom is -0.309 e. The Kier molecular flexibility index (Phi) is 4.56. The van der Waals surface area contributed by atoms with Crippen molar-refractivity contribution in [2.24, 2.45) is 5.92 Å². The van der Waals surface area contributed by atoms with Gasteiger partial charge in [-0.25, -0.2) is 0 Å². The molecule has 0 spiro atoms. The van der Waals surface area contributed by atoms with Crippen LogP contribution in [-0.4, -0.2) is 28.3 Å². The Morgan fingerprint density at radius 1 is 1.64 bits per heavy atom. The smallest absolute Gasteiger partial charge is 0.0672 e. The molecule has 0 saturated heterocycles. The highest BCUT2D eigenvalue weighted by molar-refractivity contribution is 7.84. The van der Waals surface area contributed by atoms with Crippen LogP contribution in [0.5, 0.6) is 0 Å². The predicted octanol–water partition coefficient (Wildman–Crippen LogP) is 1.04. The summed E-state index contributed by atoms with van der Waals surface area (Å²) in [5.41, 5.74) is 0. The highest BCUT2D eigenvalue weighted by atomic mass is 32.2. The first kappa shape index (κ1) is 11.7. The molecule has 1 aliphatic rings. The van der Waals surface area contributed by atoms with Crippen molar-refractivity contribution in [3.63, 3.8) is 0 Å². The molecule has 0 radical (unpaired) electrons. The molecule has 1 fully saturated rings. The third kappa shape index (κ3) is 3.39. The van der Waals surface area contributed by atoms with Crippen molar-refractivity contribution in [2.75, 3.05) is 12.0 Å². The molecular weight excluding hydrogens is 196 g/mol. The van der Waals surface area contributed by atoms with Crippen LogP contribution in [0.25, 0.3) is 0 Å². The normalized spacial score (nSPS) is 30.9. The van der Waals surface area contributed by atoms with Crippen molar-refractivity contribution in [1.82, 2.24) is 5.32 Å². The van der Waals surface area contributed by atoms with Crippen LogP contribution in [0.15, 0.2) is 0 Å². The van der Waals surface area contributed by atoms with Gasteiger partial charge < -0.3 is 5.32 Å². The summed E-state index contributed by atoms with van der Waals surface area (Å²) in [6.45, 7) is 2.04. The summed E-state index contributed by atoms with van der Waals surface area (Å²) < 4.78 is 11.0. The number of nitriles is 1. The van der Waals surface area contributed by atoms with Crippen molar-refractivity contribution >= 4 is 10.8 Å². The molecular formula is C10H18N2OS. The van der Waals surface area contributed by atoms with Crippen molar-refractivity contribution in [3.05, 3.63) is 0 Å². The Balaban J connectivity index is 2.36. The van der Waals surface area contributed by atoms with Gasteiger partial charge in [0.1, 0.15) is 0 Å². The summed E-state index contributed by atoms with van der Waals surface area (Å²) in [7, 11) is -0.754. The Labute approximate surface area is 88.3 Å². The highest BCUT2D eigenvalue weighted by Crippen LogP contribution is 2.25. The molecule has 0 bridgehead atoms. The van der Waals surface area contributed by atoms with E-state index in [-0.39, 0.29) is 12.0 Å². The van der Waals surface area contributed by atoms with Gasteiger partial charge in [-0.2, -0.15) is 5.26 Å². The molecule has 1 N–H and O–H groups in total. The third-order valence-electron chi connectivity index (χ3n) is 2.67. The number of nitrogens with zero attached hydrogens (tertiary/aromatic N) is 1. The molecule has 0 aromatic carbocycles. The maximum Gasteiger partial charge on any atom is 0.0672 e. The maximum atomic E-state index is 11.0. The Bertz CT molecular complexity index is 249. The lowest BCUT2D eigenvalue weighted by molar-refractivity contribution is 0.427. The van der Waals surface area contributed by atoms with E-state index in [2.05, 4.69) is 11.4 Å². The topological polar surface area (TPSA) is 52.9 Å². The van der Waals surface area contributed by atoms with Crippen LogP contribution in [-0.2, 0) is 10.8 Å². The van der Waals surface area contributed by atoms with Crippen LogP contribution >= 0.6 is 0 Å². The summed E-state index contributed by atoms with van der Waals surface area (Å²) in [6.07, 6.45) is 4.95. The molecule has 0 amide bonds. The van der Waals surface area contributed by atoms with Gasteiger partial charge in [0.15, 0.2) is 0 Å². The van der Waals surface area contributed by atoms with Crippen LogP contribution in [0.4, 0.5) is 0 Å². The second kappa shape index (κ2) is 5.47. The van der Waals surface area contributed by atoms with E-state index in [1.54, 1.807) is 6.26 Å². The molecule has 1 rings (SSSR count). The lowest BCUT2D eigenvalue weighted by Gasteiger charge is -2.20. The molecule has 1 saturated carbocycles. The van der Waals surface area contributed by atoms with E-state index in [0.29, 0.717) is 11.8 Å². The van der Waals surface area contributed by atoms with E-state index in [9.17, 15) is 4.21 Å². The van der Waals surface area contributed by atoms with Crippen molar-refractivity contribution in [3.8, 4) is 6.07 Å². The molecule has 3 nitrogen and oxygen atoms in total. The quantitative estimate of drug-likeness (QED) is 0.760. The van der Waals surface area contributed by atoms with Gasteiger partial charge in [-0.15, -0.1) is 0 Å². The first-order valence-corrected chi connectivity index (χ1v) is 6.82. The fourth-order valence-corrected chi connectivity index (χ4v) is 2.88. The molecule has 0 aliphatic heterocycles. The molecule has 4 atom stereocenters. The van der Waals surface area contributed by atoms with E-state index in [4.69, 9.17) is 5.26 Å². The Morgan fingerprint density at radius 3 is 2.93 bits per heavy atom. The zero-order valence-corrected chi connectivity index (χ0v) is 9.64. The van der Waals surface area contributed by atoms with Crippen molar-refractivity contribution in [1.29, 1.82) is 5.26 Å². The lowest BCUT2D eigenvalue weighted by Crippen LogP contribution is -2.41. The van der Waals surface area contributed by atoms with Crippen LogP contribution < -0.4 is 5.32 Å². The summed E-state index contributed by atoms with van der Waals surface area (Å²) in [5, 5.41) is 12.3. The van der Waals surface area contributed by atoms with Gasteiger partial charge in [-0.3, -0.25) is 4.21 Å². The standard InChI is InChI=1S/C10H18N2OS/c1-8(7-14(2)13)12-10-5-3-4-9(10)6-11/h8-10,12H,3-5,7H2,1-2H3. The minimum atomic E-state index is -0.754. The van der Waals surface area contributed by atoms with Crippen LogP contribution in [0.1, 0.15) is 26.2 Å². The summed E-state index contributed by atoms with van der Waals surface area (Å²) >= 11 is 0. The van der Waals surface area contributed by atoms with Gasteiger partial charge in [-0.1, -0.05) is 6.42 Å². The van der Waals surface area contributed by atoms with Crippen LogP contribution in [0.2, 0.25) is 0 Å². The third-order valence-corrected chi connectivity index (χ3v) is 3.63. The average Bonchev–Trinajstić information content (AvgIpc) is 2.50. The van der Waals surface area contributed by atoms with Crippen molar-refractivity contribution in [2.45, 2.75) is 38.3 Å². The van der Waals surface area contributed by atoms with Crippen LogP contribution in [0, 0.1) is 17.2 Å². The first-order chi connectivity index (χ1) is 6.63. The predicted molar refractivity (Wildman–Crippen MR) is 58.3 cm³/mol. The van der Waals surface area contributed by atoms with E-state index in [1.165, 1.54) is 0 Å². The van der Waals surface area contributed by atoms with Crippen LogP contribution in [0.3, 0.4) is 0 Å². The summed E-state index contributed by atoms with van der Waals surface area (Å²) in [6, 6.07) is 2.90. The fourth-order valence-electron chi connectivity index (χ4n) is 2.08. The fraction of sp³-hybridized carbons (Fsp3) is 0.900. The van der Waals surface area contributed by atoms with Gasteiger partial charge >= 0.3 is 0 Å². The second-order valence-electron chi connectivity index (χ2n) is 4.08. The second-order valence-corrected chi connectivity index (χ2v) is 5.56. The highest BCUT2D eigenvalue weighted by Gasteiger charge is 2.27. The summed E-state index contributed by atoms with van der Waals surface area (Å²) in [5.74, 6) is 0.831. The summed E-state index contributed by atoms with van der Waals surface area (Å²) in [4.78, 5) is 0. The molecule has 0 aromatic rings. The van der Waals surface area contributed by atoms with E-state index < -0.39 is 10.8 Å². The Hall–Kier alpha value is -0.400. The number of hydrogen-bond acceptors (Lipinski definition) is 3. The monoisotopic (exact) mass is 214 g/mol. The largest absolute Gasteiger partial charge is 0.309 e. The zero-order valence-electron chi connectivity index (χ0n) is 8.82. The van der Waals surface area contributed by atoms with E-state index in [1.807, 2.05) is 6.92 Å². The van der Waals surface area contributed by atoms with Gasteiger partial charge in [0.25, 0.3) is 0 Å². The number of nitrogens with one attached hydrogen (secondary N) is 1. The molecule has 4 heteroatoms. The number of hydrogen-bond donors (Lipinski definition) is 1. The average molecular weight is 214 g/mol. The van der Waals surface area contributed by atoms with Crippen molar-refractivity contribution < 1.29 is 4.21 Å². The number of rotatable bonds is 4. The SMILES string of the molecule is CC(CS(C)=O)NC1CCCC1C#N. The zero-order chi connectivity index (χ0) is 10.6. The Morgan fingerprint density at radius 2 is 2.36 bits per heavy atom. The molecule has 80 valence electrons. The van der Waals surface area contributed by atoms with Gasteiger partial charge in [0, 0.05) is 34.9 Å². The minimum absolute atomic E-state index is 0.155. The van der Waals surface area contributed by atoms with Gasteiger partial charge in [-0.05, 0) is 19.8 Å². The molecule has 14 heavy (non-hydrogen) atoms. The maximum absolute atomic E-state index is 11.0. The molecule has 4 unspecified atom stereocenters.